The van der Waals surface area contributed by atoms with E-state index in [4.69, 9.17) is 4.74 Å². The number of hydrogen-bond donors (Lipinski definition) is 1. The van der Waals surface area contributed by atoms with Crippen LogP contribution >= 0.6 is 0 Å². The number of methoxy groups -OCH3 is 1. The van der Waals surface area contributed by atoms with E-state index < -0.39 is 20.0 Å². The van der Waals surface area contributed by atoms with Crippen molar-refractivity contribution in [3.63, 3.8) is 0 Å². The average Bonchev–Trinajstić information content (AvgIpc) is 2.79. The first-order valence-electron chi connectivity index (χ1n) is 10.1. The lowest BCUT2D eigenvalue weighted by Crippen LogP contribution is -2.36. The Kier molecular flexibility index (Phi) is 5.98. The molecule has 0 amide bonds. The summed E-state index contributed by atoms with van der Waals surface area (Å²) in [6.45, 7) is 2.35. The molecule has 32 heavy (non-hydrogen) atoms. The van der Waals surface area contributed by atoms with E-state index in [-0.39, 0.29) is 22.1 Å². The van der Waals surface area contributed by atoms with Gasteiger partial charge in [0.2, 0.25) is 10.0 Å². The highest BCUT2D eigenvalue weighted by Gasteiger charge is 2.28. The van der Waals surface area contributed by atoms with E-state index in [0.717, 1.165) is 16.7 Å². The molecule has 1 N–H and O–H groups in total. The average molecular weight is 473 g/mol. The summed E-state index contributed by atoms with van der Waals surface area (Å²) in [5.74, 6) is 0.251. The molecule has 3 aromatic rings. The molecule has 0 fully saturated rings. The van der Waals surface area contributed by atoms with Crippen LogP contribution in [0.3, 0.4) is 0 Å². The second-order valence-corrected chi connectivity index (χ2v) is 11.2. The number of anilines is 1. The third kappa shape index (κ3) is 4.36. The molecule has 1 aliphatic rings. The van der Waals surface area contributed by atoms with Crippen LogP contribution < -0.4 is 9.46 Å². The van der Waals surface area contributed by atoms with E-state index in [1.54, 1.807) is 67.6 Å². The Morgan fingerprint density at radius 1 is 0.906 bits per heavy atom. The van der Waals surface area contributed by atoms with Crippen molar-refractivity contribution in [2.45, 2.75) is 29.7 Å². The maximum absolute atomic E-state index is 13.0. The molecule has 9 heteroatoms. The van der Waals surface area contributed by atoms with Crippen molar-refractivity contribution in [3.05, 3.63) is 83.4 Å². The molecule has 3 aromatic carbocycles. The highest BCUT2D eigenvalue weighted by atomic mass is 32.2. The normalized spacial score (nSPS) is 14.6. The largest absolute Gasteiger partial charge is 0.495 e. The Bertz CT molecular complexity index is 1350. The molecular weight excluding hydrogens is 448 g/mol. The van der Waals surface area contributed by atoms with E-state index in [9.17, 15) is 16.8 Å². The number of ether oxygens (including phenoxy) is 1. The first kappa shape index (κ1) is 22.3. The summed E-state index contributed by atoms with van der Waals surface area (Å²) in [4.78, 5) is 0.290. The third-order valence-electron chi connectivity index (χ3n) is 5.43. The summed E-state index contributed by atoms with van der Waals surface area (Å²) in [5.41, 5.74) is 2.93. The highest BCUT2D eigenvalue weighted by Crippen LogP contribution is 2.30. The first-order valence-corrected chi connectivity index (χ1v) is 13.0. The molecule has 0 bridgehead atoms. The molecular formula is C23H24N2O5S2. The topological polar surface area (TPSA) is 92.8 Å². The van der Waals surface area contributed by atoms with E-state index in [1.165, 1.54) is 11.4 Å². The Balaban J connectivity index is 1.62. The molecule has 1 aliphatic heterocycles. The molecule has 0 unspecified atom stereocenters. The van der Waals surface area contributed by atoms with Gasteiger partial charge in [0.25, 0.3) is 10.0 Å². The van der Waals surface area contributed by atoms with E-state index in [2.05, 4.69) is 4.72 Å². The number of aryl methyl sites for hydroxylation is 1. The number of benzene rings is 3. The number of nitrogens with one attached hydrogen (secondary N) is 1. The van der Waals surface area contributed by atoms with Gasteiger partial charge in [-0.15, -0.1) is 0 Å². The fourth-order valence-corrected chi connectivity index (χ4v) is 6.49. The van der Waals surface area contributed by atoms with Crippen molar-refractivity contribution in [2.75, 3.05) is 18.4 Å². The number of rotatable bonds is 6. The minimum absolute atomic E-state index is 0.0472. The SMILES string of the molecule is COc1ccc(C)cc1S(=O)(=O)Nc1ccc2c(c1)CN(S(=O)(=O)c1ccccc1)CC2. The lowest BCUT2D eigenvalue weighted by atomic mass is 10.0. The quantitative estimate of drug-likeness (QED) is 0.592. The molecule has 4 rings (SSSR count). The van der Waals surface area contributed by atoms with E-state index in [0.29, 0.717) is 18.7 Å². The molecule has 0 spiro atoms. The van der Waals surface area contributed by atoms with Crippen molar-refractivity contribution in [1.82, 2.24) is 4.31 Å². The molecule has 1 heterocycles. The molecule has 0 atom stereocenters. The van der Waals surface area contributed by atoms with Gasteiger partial charge in [-0.05, 0) is 66.4 Å². The predicted molar refractivity (Wildman–Crippen MR) is 123 cm³/mol. The minimum atomic E-state index is -3.90. The number of sulfonamides is 2. The monoisotopic (exact) mass is 472 g/mol. The first-order chi connectivity index (χ1) is 15.2. The van der Waals surface area contributed by atoms with Crippen molar-refractivity contribution in [1.29, 1.82) is 0 Å². The molecule has 7 nitrogen and oxygen atoms in total. The van der Waals surface area contributed by atoms with Gasteiger partial charge >= 0.3 is 0 Å². The van der Waals surface area contributed by atoms with Gasteiger partial charge in [-0.1, -0.05) is 30.3 Å². The zero-order chi connectivity index (χ0) is 22.9. The van der Waals surface area contributed by atoms with E-state index in [1.807, 2.05) is 6.07 Å². The van der Waals surface area contributed by atoms with Crippen LogP contribution in [0.25, 0.3) is 0 Å². The summed E-state index contributed by atoms with van der Waals surface area (Å²) in [6, 6.07) is 18.5. The highest BCUT2D eigenvalue weighted by molar-refractivity contribution is 7.92. The van der Waals surface area contributed by atoms with Gasteiger partial charge < -0.3 is 4.74 Å². The van der Waals surface area contributed by atoms with Gasteiger partial charge in [-0.2, -0.15) is 4.31 Å². The molecule has 0 aliphatic carbocycles. The number of nitrogens with zero attached hydrogens (tertiary/aromatic N) is 1. The van der Waals surface area contributed by atoms with Crippen LogP contribution in [0.1, 0.15) is 16.7 Å². The zero-order valence-corrected chi connectivity index (χ0v) is 19.4. The standard InChI is InChI=1S/C23H24N2O5S2/c1-17-8-11-22(30-2)23(14-17)31(26,27)24-20-10-9-18-12-13-25(16-19(18)15-20)32(28,29)21-6-4-3-5-7-21/h3-11,14-15,24H,12-13,16H2,1-2H3. The van der Waals surface area contributed by atoms with Gasteiger partial charge in [0.15, 0.2) is 0 Å². The van der Waals surface area contributed by atoms with Crippen LogP contribution in [0.15, 0.2) is 76.5 Å². The summed E-state index contributed by atoms with van der Waals surface area (Å²) in [6.07, 6.45) is 0.556. The van der Waals surface area contributed by atoms with Crippen molar-refractivity contribution < 1.29 is 21.6 Å². The Morgan fingerprint density at radius 2 is 1.66 bits per heavy atom. The molecule has 0 saturated carbocycles. The zero-order valence-electron chi connectivity index (χ0n) is 17.8. The second kappa shape index (κ2) is 8.57. The van der Waals surface area contributed by atoms with Crippen molar-refractivity contribution in [2.24, 2.45) is 0 Å². The van der Waals surface area contributed by atoms with Crippen molar-refractivity contribution >= 4 is 25.7 Å². The molecule has 0 radical (unpaired) electrons. The predicted octanol–water partition coefficient (Wildman–Crippen LogP) is 3.55. The Hall–Kier alpha value is -2.88. The van der Waals surface area contributed by atoms with Crippen LogP contribution in [0.5, 0.6) is 5.75 Å². The van der Waals surface area contributed by atoms with Crippen LogP contribution in [0, 0.1) is 6.92 Å². The summed E-state index contributed by atoms with van der Waals surface area (Å²) in [7, 11) is -6.11. The van der Waals surface area contributed by atoms with Gasteiger partial charge in [-0.3, -0.25) is 4.72 Å². The minimum Gasteiger partial charge on any atom is -0.495 e. The Morgan fingerprint density at radius 3 is 2.38 bits per heavy atom. The fourth-order valence-electron chi connectivity index (χ4n) is 3.75. The summed E-state index contributed by atoms with van der Waals surface area (Å²) in [5, 5.41) is 0. The van der Waals surface area contributed by atoms with Gasteiger partial charge in [-0.25, -0.2) is 16.8 Å². The van der Waals surface area contributed by atoms with Gasteiger partial charge in [0, 0.05) is 18.8 Å². The Labute approximate surface area is 188 Å². The molecule has 0 aromatic heterocycles. The molecule has 168 valence electrons. The van der Waals surface area contributed by atoms with Crippen LogP contribution in [0.4, 0.5) is 5.69 Å². The second-order valence-electron chi connectivity index (χ2n) is 7.64. The number of fused-ring (bicyclic) bond motifs is 1. The lowest BCUT2D eigenvalue weighted by Gasteiger charge is -2.28. The lowest BCUT2D eigenvalue weighted by molar-refractivity contribution is 0.391. The maximum Gasteiger partial charge on any atom is 0.265 e. The van der Waals surface area contributed by atoms with E-state index >= 15 is 0 Å². The third-order valence-corrected chi connectivity index (χ3v) is 8.69. The van der Waals surface area contributed by atoms with Crippen LogP contribution in [-0.4, -0.2) is 34.8 Å². The maximum atomic E-state index is 13.0. The molecule has 0 saturated heterocycles. The number of hydrogen-bond acceptors (Lipinski definition) is 5. The van der Waals surface area contributed by atoms with Gasteiger partial charge in [0.05, 0.1) is 12.0 Å². The fraction of sp³-hybridized carbons (Fsp3) is 0.217. The van der Waals surface area contributed by atoms with Gasteiger partial charge in [0.1, 0.15) is 10.6 Å². The summed E-state index contributed by atoms with van der Waals surface area (Å²) >= 11 is 0. The van der Waals surface area contributed by atoms with Crippen LogP contribution in [0.2, 0.25) is 0 Å². The smallest absolute Gasteiger partial charge is 0.265 e. The van der Waals surface area contributed by atoms with Crippen LogP contribution in [-0.2, 0) is 33.0 Å². The van der Waals surface area contributed by atoms with Crippen molar-refractivity contribution in [3.8, 4) is 5.75 Å². The summed E-state index contributed by atoms with van der Waals surface area (Å²) < 4.78 is 61.3.